The summed E-state index contributed by atoms with van der Waals surface area (Å²) in [6, 6.07) is 3.77. The average molecular weight is 306 g/mol. The minimum atomic E-state index is 0. The second kappa shape index (κ2) is 9.69. The first kappa shape index (κ1) is 18.8. The molecule has 20 heavy (non-hydrogen) atoms. The first-order chi connectivity index (χ1) is 9.19. The Morgan fingerprint density at radius 3 is 2.05 bits per heavy atom. The highest BCUT2D eigenvalue weighted by Crippen LogP contribution is 2.34. The van der Waals surface area contributed by atoms with Crippen LogP contribution in [-0.2, 0) is 6.54 Å². The smallest absolute Gasteiger partial charge is 0.164 e. The molecule has 1 aromatic rings. The Hall–Kier alpha value is -1.17. The number of aliphatic hydroxyl groups excluding tert-OH is 1. The van der Waals surface area contributed by atoms with Crippen LogP contribution in [0.15, 0.2) is 12.1 Å². The number of halogens is 1. The van der Waals surface area contributed by atoms with Crippen molar-refractivity contribution in [2.75, 3.05) is 27.9 Å². The fourth-order valence-corrected chi connectivity index (χ4v) is 1.82. The number of benzene rings is 1. The van der Waals surface area contributed by atoms with Gasteiger partial charge < -0.3 is 24.6 Å². The first-order valence-corrected chi connectivity index (χ1v) is 6.33. The molecule has 0 saturated heterocycles. The van der Waals surface area contributed by atoms with E-state index in [0.29, 0.717) is 18.0 Å². The lowest BCUT2D eigenvalue weighted by Gasteiger charge is -2.17. The molecule has 0 saturated carbocycles. The van der Waals surface area contributed by atoms with Crippen molar-refractivity contribution in [2.24, 2.45) is 0 Å². The third-order valence-electron chi connectivity index (χ3n) is 3.08. The van der Waals surface area contributed by atoms with Crippen LogP contribution in [-0.4, -0.2) is 39.1 Å². The zero-order valence-corrected chi connectivity index (χ0v) is 13.3. The largest absolute Gasteiger partial charge is 0.496 e. The Labute approximate surface area is 126 Å². The minimum absolute atomic E-state index is 0. The van der Waals surface area contributed by atoms with Crippen molar-refractivity contribution in [3.8, 4) is 17.2 Å². The molecule has 1 aromatic carbocycles. The molecular weight excluding hydrogens is 282 g/mol. The predicted molar refractivity (Wildman–Crippen MR) is 81.4 cm³/mol. The normalized spacial score (nSPS) is 11.4. The van der Waals surface area contributed by atoms with Gasteiger partial charge in [0.1, 0.15) is 5.75 Å². The summed E-state index contributed by atoms with van der Waals surface area (Å²) in [5, 5.41) is 12.4. The summed E-state index contributed by atoms with van der Waals surface area (Å²) in [6.07, 6.45) is 0.867. The topological polar surface area (TPSA) is 60.0 Å². The monoisotopic (exact) mass is 305 g/mol. The lowest BCUT2D eigenvalue weighted by molar-refractivity contribution is 0.237. The van der Waals surface area contributed by atoms with Gasteiger partial charge in [0.25, 0.3) is 0 Å². The van der Waals surface area contributed by atoms with Crippen LogP contribution >= 0.6 is 12.4 Å². The second-order valence-electron chi connectivity index (χ2n) is 4.19. The lowest BCUT2D eigenvalue weighted by atomic mass is 10.1. The van der Waals surface area contributed by atoms with Gasteiger partial charge in [0.15, 0.2) is 11.5 Å². The van der Waals surface area contributed by atoms with Crippen molar-refractivity contribution >= 4 is 12.4 Å². The molecule has 1 unspecified atom stereocenters. The molecule has 0 aromatic heterocycles. The van der Waals surface area contributed by atoms with Crippen molar-refractivity contribution in [3.05, 3.63) is 17.7 Å². The Morgan fingerprint density at radius 1 is 1.05 bits per heavy atom. The van der Waals surface area contributed by atoms with Crippen LogP contribution in [0.2, 0.25) is 0 Å². The van der Waals surface area contributed by atoms with E-state index in [2.05, 4.69) is 5.32 Å². The maximum absolute atomic E-state index is 9.18. The molecule has 0 aliphatic heterocycles. The fraction of sp³-hybridized carbons (Fsp3) is 0.571. The lowest BCUT2D eigenvalue weighted by Crippen LogP contribution is -2.31. The van der Waals surface area contributed by atoms with E-state index in [0.717, 1.165) is 17.7 Å². The third kappa shape index (κ3) is 4.74. The number of aliphatic hydroxyl groups is 1. The van der Waals surface area contributed by atoms with Crippen LogP contribution in [0.4, 0.5) is 0 Å². The molecule has 2 N–H and O–H groups in total. The van der Waals surface area contributed by atoms with Crippen molar-refractivity contribution in [3.63, 3.8) is 0 Å². The van der Waals surface area contributed by atoms with Crippen LogP contribution < -0.4 is 19.5 Å². The Morgan fingerprint density at radius 2 is 1.60 bits per heavy atom. The summed E-state index contributed by atoms with van der Waals surface area (Å²) < 4.78 is 15.9. The van der Waals surface area contributed by atoms with E-state index in [4.69, 9.17) is 14.2 Å². The highest BCUT2D eigenvalue weighted by Gasteiger charge is 2.13. The minimum Gasteiger partial charge on any atom is -0.496 e. The van der Waals surface area contributed by atoms with Gasteiger partial charge in [0.2, 0.25) is 0 Å². The number of ether oxygens (including phenoxy) is 3. The molecule has 5 nitrogen and oxygen atoms in total. The molecule has 6 heteroatoms. The molecule has 0 fully saturated rings. The van der Waals surface area contributed by atoms with E-state index in [1.807, 2.05) is 13.0 Å². The van der Waals surface area contributed by atoms with Crippen LogP contribution in [0.3, 0.4) is 0 Å². The second-order valence-corrected chi connectivity index (χ2v) is 4.19. The van der Waals surface area contributed by atoms with E-state index in [1.165, 1.54) is 0 Å². The zero-order valence-electron chi connectivity index (χ0n) is 12.4. The number of nitrogens with one attached hydrogen (secondary N) is 1. The van der Waals surface area contributed by atoms with Crippen LogP contribution in [0.5, 0.6) is 17.2 Å². The summed E-state index contributed by atoms with van der Waals surface area (Å²) in [7, 11) is 4.81. The molecule has 1 atom stereocenters. The van der Waals surface area contributed by atoms with Crippen molar-refractivity contribution < 1.29 is 19.3 Å². The maximum atomic E-state index is 9.18. The highest BCUT2D eigenvalue weighted by molar-refractivity contribution is 5.85. The number of rotatable bonds is 8. The van der Waals surface area contributed by atoms with Gasteiger partial charge >= 0.3 is 0 Å². The quantitative estimate of drug-likeness (QED) is 0.769. The van der Waals surface area contributed by atoms with Gasteiger partial charge in [-0.25, -0.2) is 0 Å². The molecule has 0 radical (unpaired) electrons. The molecule has 0 bridgehead atoms. The van der Waals surface area contributed by atoms with Crippen molar-refractivity contribution in [2.45, 2.75) is 25.9 Å². The molecular formula is C14H24ClNO4. The summed E-state index contributed by atoms with van der Waals surface area (Å²) in [5.41, 5.74) is 0.965. The van der Waals surface area contributed by atoms with Crippen molar-refractivity contribution in [1.29, 1.82) is 0 Å². The Balaban J connectivity index is 0.00000361. The van der Waals surface area contributed by atoms with Gasteiger partial charge in [-0.15, -0.1) is 12.4 Å². The summed E-state index contributed by atoms with van der Waals surface area (Å²) in [5.74, 6) is 2.03. The number of methoxy groups -OCH3 is 3. The summed E-state index contributed by atoms with van der Waals surface area (Å²) in [4.78, 5) is 0. The van der Waals surface area contributed by atoms with Gasteiger partial charge in [0, 0.05) is 24.2 Å². The average Bonchev–Trinajstić information content (AvgIpc) is 2.47. The zero-order chi connectivity index (χ0) is 14.3. The van der Waals surface area contributed by atoms with Crippen molar-refractivity contribution in [1.82, 2.24) is 5.32 Å². The number of hydrogen-bond acceptors (Lipinski definition) is 5. The van der Waals surface area contributed by atoms with Gasteiger partial charge in [-0.1, -0.05) is 6.92 Å². The summed E-state index contributed by atoms with van der Waals surface area (Å²) >= 11 is 0. The van der Waals surface area contributed by atoms with Gasteiger partial charge in [-0.05, 0) is 12.5 Å². The SMILES string of the molecule is CCC(CO)NCc1cc(OC)c(OC)cc1OC.Cl. The predicted octanol–water partition coefficient (Wildman–Crippen LogP) is 1.99. The standard InChI is InChI=1S/C14H23NO4.ClH/c1-5-11(9-16)15-8-10-6-13(18-3)14(19-4)7-12(10)17-2;/h6-7,11,15-16H,5,8-9H2,1-4H3;1H. The molecule has 1 rings (SSSR count). The first-order valence-electron chi connectivity index (χ1n) is 6.33. The fourth-order valence-electron chi connectivity index (χ4n) is 1.82. The van der Waals surface area contributed by atoms with E-state index in [-0.39, 0.29) is 25.1 Å². The number of hydrogen-bond donors (Lipinski definition) is 2. The van der Waals surface area contributed by atoms with Gasteiger partial charge in [0.05, 0.1) is 27.9 Å². The maximum Gasteiger partial charge on any atom is 0.164 e. The third-order valence-corrected chi connectivity index (χ3v) is 3.08. The van der Waals surface area contributed by atoms with Crippen LogP contribution in [0.1, 0.15) is 18.9 Å². The highest BCUT2D eigenvalue weighted by atomic mass is 35.5. The molecule has 0 aliphatic carbocycles. The van der Waals surface area contributed by atoms with Gasteiger partial charge in [-0.2, -0.15) is 0 Å². The van der Waals surface area contributed by atoms with Crippen LogP contribution in [0, 0.1) is 0 Å². The Kier molecular flexibility index (Phi) is 9.12. The van der Waals surface area contributed by atoms with E-state index in [1.54, 1.807) is 27.4 Å². The van der Waals surface area contributed by atoms with E-state index in [9.17, 15) is 5.11 Å². The van der Waals surface area contributed by atoms with E-state index >= 15 is 0 Å². The molecule has 0 amide bonds. The molecule has 116 valence electrons. The molecule has 0 spiro atoms. The van der Waals surface area contributed by atoms with E-state index < -0.39 is 0 Å². The van der Waals surface area contributed by atoms with Gasteiger partial charge in [-0.3, -0.25) is 0 Å². The van der Waals surface area contributed by atoms with Crippen LogP contribution in [0.25, 0.3) is 0 Å². The molecule has 0 aliphatic rings. The summed E-state index contributed by atoms with van der Waals surface area (Å²) in [6.45, 7) is 2.74. The Bertz CT molecular complexity index is 397. The molecule has 0 heterocycles.